The van der Waals surface area contributed by atoms with Gasteiger partial charge in [-0.05, 0) is 19.4 Å². The molecule has 1 aliphatic heterocycles. The Bertz CT molecular complexity index is 144. The second-order valence-electron chi connectivity index (χ2n) is 4.49. The minimum Gasteiger partial charge on any atom is -0.390 e. The third kappa shape index (κ3) is 3.63. The molecular weight excluding hydrogens is 164 g/mol. The Morgan fingerprint density at radius 2 is 2.08 bits per heavy atom. The molecule has 1 saturated heterocycles. The molecule has 1 fully saturated rings. The first-order valence-electron chi connectivity index (χ1n) is 5.19. The van der Waals surface area contributed by atoms with Gasteiger partial charge in [-0.3, -0.25) is 4.90 Å². The van der Waals surface area contributed by atoms with Gasteiger partial charge in [0.25, 0.3) is 0 Å². The van der Waals surface area contributed by atoms with Gasteiger partial charge in [-0.15, -0.1) is 0 Å². The van der Waals surface area contributed by atoms with Gasteiger partial charge in [-0.25, -0.2) is 0 Å². The van der Waals surface area contributed by atoms with Crippen LogP contribution in [0.2, 0.25) is 0 Å². The number of likely N-dealkylation sites (tertiary alicyclic amines) is 1. The summed E-state index contributed by atoms with van der Waals surface area (Å²) in [6.07, 6.45) is 1.14. The summed E-state index contributed by atoms with van der Waals surface area (Å²) in [6, 6.07) is 0.576. The monoisotopic (exact) mass is 186 g/mol. The summed E-state index contributed by atoms with van der Waals surface area (Å²) in [5, 5.41) is 12.4. The Morgan fingerprint density at radius 3 is 2.46 bits per heavy atom. The highest BCUT2D eigenvalue weighted by molar-refractivity contribution is 4.82. The molecule has 78 valence electrons. The standard InChI is InChI=1S/C10H22N2O/c1-8(2)4-9(11-3)5-12-6-10(13)7-12/h8-11,13H,4-7H2,1-3H3. The minimum atomic E-state index is -0.0726. The lowest BCUT2D eigenvalue weighted by Gasteiger charge is -2.38. The van der Waals surface area contributed by atoms with Crippen molar-refractivity contribution in [3.63, 3.8) is 0 Å². The van der Waals surface area contributed by atoms with Crippen LogP contribution >= 0.6 is 0 Å². The van der Waals surface area contributed by atoms with Crippen LogP contribution in [0, 0.1) is 5.92 Å². The number of nitrogens with zero attached hydrogens (tertiary/aromatic N) is 1. The molecule has 1 heterocycles. The fraction of sp³-hybridized carbons (Fsp3) is 1.00. The van der Waals surface area contributed by atoms with Crippen LogP contribution in [0.3, 0.4) is 0 Å². The normalized spacial score (nSPS) is 21.9. The Hall–Kier alpha value is -0.120. The number of nitrogens with one attached hydrogen (secondary N) is 1. The third-order valence-corrected chi connectivity index (χ3v) is 2.58. The first kappa shape index (κ1) is 11.0. The largest absolute Gasteiger partial charge is 0.390 e. The Labute approximate surface area is 81.1 Å². The van der Waals surface area contributed by atoms with E-state index in [-0.39, 0.29) is 6.10 Å². The lowest BCUT2D eigenvalue weighted by molar-refractivity contribution is -0.00355. The van der Waals surface area contributed by atoms with E-state index in [4.69, 9.17) is 5.11 Å². The summed E-state index contributed by atoms with van der Waals surface area (Å²) in [5.41, 5.74) is 0. The lowest BCUT2D eigenvalue weighted by Crippen LogP contribution is -2.54. The fourth-order valence-electron chi connectivity index (χ4n) is 1.86. The van der Waals surface area contributed by atoms with Crippen LogP contribution < -0.4 is 5.32 Å². The first-order chi connectivity index (χ1) is 6.11. The molecule has 0 aliphatic carbocycles. The highest BCUT2D eigenvalue weighted by Crippen LogP contribution is 2.11. The van der Waals surface area contributed by atoms with E-state index in [9.17, 15) is 0 Å². The second-order valence-corrected chi connectivity index (χ2v) is 4.49. The smallest absolute Gasteiger partial charge is 0.0793 e. The molecule has 1 rings (SSSR count). The number of hydrogen-bond acceptors (Lipinski definition) is 3. The average Bonchev–Trinajstić information content (AvgIpc) is 1.99. The van der Waals surface area contributed by atoms with E-state index in [0.717, 1.165) is 25.6 Å². The molecule has 1 atom stereocenters. The Balaban J connectivity index is 2.16. The second kappa shape index (κ2) is 4.94. The molecule has 1 unspecified atom stereocenters. The predicted molar refractivity (Wildman–Crippen MR) is 54.7 cm³/mol. The van der Waals surface area contributed by atoms with Crippen molar-refractivity contribution in [2.45, 2.75) is 32.4 Å². The molecule has 0 saturated carbocycles. The quantitative estimate of drug-likeness (QED) is 0.648. The van der Waals surface area contributed by atoms with Crippen molar-refractivity contribution in [1.29, 1.82) is 0 Å². The molecule has 13 heavy (non-hydrogen) atoms. The Morgan fingerprint density at radius 1 is 1.46 bits per heavy atom. The molecule has 0 bridgehead atoms. The maximum Gasteiger partial charge on any atom is 0.0793 e. The topological polar surface area (TPSA) is 35.5 Å². The maximum absolute atomic E-state index is 9.12. The van der Waals surface area contributed by atoms with Crippen molar-refractivity contribution in [2.24, 2.45) is 5.92 Å². The van der Waals surface area contributed by atoms with E-state index in [1.165, 1.54) is 6.42 Å². The van der Waals surface area contributed by atoms with Gasteiger partial charge in [-0.1, -0.05) is 13.8 Å². The van der Waals surface area contributed by atoms with Crippen molar-refractivity contribution >= 4 is 0 Å². The highest BCUT2D eigenvalue weighted by Gasteiger charge is 2.26. The summed E-state index contributed by atoms with van der Waals surface area (Å²) in [5.74, 6) is 0.739. The van der Waals surface area contributed by atoms with Crippen molar-refractivity contribution in [1.82, 2.24) is 10.2 Å². The van der Waals surface area contributed by atoms with Crippen molar-refractivity contribution in [3.05, 3.63) is 0 Å². The van der Waals surface area contributed by atoms with Gasteiger partial charge < -0.3 is 10.4 Å². The van der Waals surface area contributed by atoms with E-state index >= 15 is 0 Å². The number of β-amino-alcohol motifs (C(OH)–C–C–N with tert-alkyl or cyclic N) is 1. The molecule has 0 radical (unpaired) electrons. The van der Waals surface area contributed by atoms with E-state index in [2.05, 4.69) is 24.1 Å². The van der Waals surface area contributed by atoms with Crippen LogP contribution in [0.25, 0.3) is 0 Å². The molecule has 2 N–H and O–H groups in total. The van der Waals surface area contributed by atoms with Gasteiger partial charge in [0.05, 0.1) is 6.10 Å². The fourth-order valence-corrected chi connectivity index (χ4v) is 1.86. The molecule has 0 amide bonds. The SMILES string of the molecule is CNC(CC(C)C)CN1CC(O)C1. The van der Waals surface area contributed by atoms with Gasteiger partial charge in [0.15, 0.2) is 0 Å². The summed E-state index contributed by atoms with van der Waals surface area (Å²) in [7, 11) is 2.02. The van der Waals surface area contributed by atoms with Crippen LogP contribution in [0.15, 0.2) is 0 Å². The lowest BCUT2D eigenvalue weighted by atomic mass is 10.0. The number of hydrogen-bond donors (Lipinski definition) is 2. The highest BCUT2D eigenvalue weighted by atomic mass is 16.3. The first-order valence-corrected chi connectivity index (χ1v) is 5.19. The van der Waals surface area contributed by atoms with Crippen molar-refractivity contribution in [3.8, 4) is 0 Å². The van der Waals surface area contributed by atoms with Crippen LogP contribution in [0.5, 0.6) is 0 Å². The van der Waals surface area contributed by atoms with Gasteiger partial charge in [-0.2, -0.15) is 0 Å². The summed E-state index contributed by atoms with van der Waals surface area (Å²) >= 11 is 0. The number of likely N-dealkylation sites (N-methyl/N-ethyl adjacent to an activating group) is 1. The zero-order chi connectivity index (χ0) is 9.84. The van der Waals surface area contributed by atoms with E-state index in [0.29, 0.717) is 6.04 Å². The molecule has 0 aromatic heterocycles. The molecule has 0 aromatic rings. The van der Waals surface area contributed by atoms with Crippen LogP contribution in [-0.4, -0.2) is 48.8 Å². The summed E-state index contributed by atoms with van der Waals surface area (Å²) in [6.45, 7) is 7.28. The molecule has 0 aromatic carbocycles. The number of aliphatic hydroxyl groups is 1. The van der Waals surface area contributed by atoms with Gasteiger partial charge >= 0.3 is 0 Å². The Kier molecular flexibility index (Phi) is 4.16. The molecule has 3 nitrogen and oxygen atoms in total. The van der Waals surface area contributed by atoms with Gasteiger partial charge in [0.2, 0.25) is 0 Å². The predicted octanol–water partition coefficient (Wildman–Crippen LogP) is 0.297. The zero-order valence-electron chi connectivity index (χ0n) is 8.95. The number of aliphatic hydroxyl groups excluding tert-OH is 1. The van der Waals surface area contributed by atoms with E-state index < -0.39 is 0 Å². The van der Waals surface area contributed by atoms with Crippen LogP contribution in [-0.2, 0) is 0 Å². The summed E-state index contributed by atoms with van der Waals surface area (Å²) in [4.78, 5) is 2.30. The summed E-state index contributed by atoms with van der Waals surface area (Å²) < 4.78 is 0. The van der Waals surface area contributed by atoms with Crippen molar-refractivity contribution < 1.29 is 5.11 Å². The molecule has 1 aliphatic rings. The number of rotatable bonds is 5. The van der Waals surface area contributed by atoms with Gasteiger partial charge in [0, 0.05) is 25.7 Å². The van der Waals surface area contributed by atoms with Crippen LogP contribution in [0.1, 0.15) is 20.3 Å². The third-order valence-electron chi connectivity index (χ3n) is 2.58. The molecular formula is C10H22N2O. The van der Waals surface area contributed by atoms with Gasteiger partial charge in [0.1, 0.15) is 0 Å². The average molecular weight is 186 g/mol. The molecule has 0 spiro atoms. The van der Waals surface area contributed by atoms with Crippen molar-refractivity contribution in [2.75, 3.05) is 26.7 Å². The maximum atomic E-state index is 9.12. The van der Waals surface area contributed by atoms with E-state index in [1.807, 2.05) is 7.05 Å². The van der Waals surface area contributed by atoms with Crippen LogP contribution in [0.4, 0.5) is 0 Å². The minimum absolute atomic E-state index is 0.0726. The zero-order valence-corrected chi connectivity index (χ0v) is 8.95. The molecule has 3 heteroatoms. The van der Waals surface area contributed by atoms with E-state index in [1.54, 1.807) is 0 Å².